The number of methoxy groups -OCH3 is 1. The summed E-state index contributed by atoms with van der Waals surface area (Å²) in [6.45, 7) is 1.87. The smallest absolute Gasteiger partial charge is 0.224 e. The molecule has 0 saturated carbocycles. The van der Waals surface area contributed by atoms with Crippen molar-refractivity contribution in [2.45, 2.75) is 25.9 Å². The molecule has 0 heterocycles. The minimum atomic E-state index is -0.493. The number of ether oxygens (including phenoxy) is 1. The van der Waals surface area contributed by atoms with Crippen molar-refractivity contribution < 1.29 is 13.9 Å². The first-order valence-corrected chi connectivity index (χ1v) is 5.40. The van der Waals surface area contributed by atoms with E-state index in [2.05, 4.69) is 5.32 Å². The number of nitrogens with two attached hydrogens (primary N) is 1. The summed E-state index contributed by atoms with van der Waals surface area (Å²) in [5, 5.41) is 2.48. The molecule has 3 N–H and O–H groups in total. The number of hydrogen-bond acceptors (Lipinski definition) is 3. The molecule has 1 aromatic carbocycles. The van der Waals surface area contributed by atoms with E-state index in [0.717, 1.165) is 0 Å². The summed E-state index contributed by atoms with van der Waals surface area (Å²) in [5.41, 5.74) is 6.03. The number of rotatable bonds is 5. The Balaban J connectivity index is 2.53. The molecule has 0 saturated heterocycles. The molecule has 0 bridgehead atoms. The Hall–Kier alpha value is -1.62. The van der Waals surface area contributed by atoms with Crippen molar-refractivity contribution >= 4 is 17.3 Å². The van der Waals surface area contributed by atoms with Crippen LogP contribution in [-0.2, 0) is 9.53 Å². The number of halogens is 1. The van der Waals surface area contributed by atoms with Crippen LogP contribution in [0.5, 0.6) is 0 Å². The molecule has 0 aliphatic rings. The molecule has 1 aromatic rings. The van der Waals surface area contributed by atoms with Gasteiger partial charge in [-0.2, -0.15) is 0 Å². The Morgan fingerprint density at radius 1 is 1.59 bits per heavy atom. The number of amides is 1. The highest BCUT2D eigenvalue weighted by Crippen LogP contribution is 2.17. The lowest BCUT2D eigenvalue weighted by Gasteiger charge is -2.10. The SMILES string of the molecule is COC(C)CCC(=O)Nc1cc(N)ccc1F. The predicted molar refractivity (Wildman–Crippen MR) is 65.1 cm³/mol. The van der Waals surface area contributed by atoms with Crippen LogP contribution in [0.4, 0.5) is 15.8 Å². The second-order valence-corrected chi connectivity index (χ2v) is 3.87. The first-order chi connectivity index (χ1) is 8.02. The molecule has 1 unspecified atom stereocenters. The summed E-state index contributed by atoms with van der Waals surface area (Å²) >= 11 is 0. The van der Waals surface area contributed by atoms with E-state index in [9.17, 15) is 9.18 Å². The molecule has 5 heteroatoms. The van der Waals surface area contributed by atoms with Crippen molar-refractivity contribution in [3.8, 4) is 0 Å². The Kier molecular flexibility index (Phi) is 4.90. The van der Waals surface area contributed by atoms with E-state index >= 15 is 0 Å². The molecule has 0 radical (unpaired) electrons. The first kappa shape index (κ1) is 13.4. The molecule has 1 atom stereocenters. The fourth-order valence-electron chi connectivity index (χ4n) is 1.30. The molecule has 1 amide bonds. The van der Waals surface area contributed by atoms with Crippen molar-refractivity contribution in [1.82, 2.24) is 0 Å². The van der Waals surface area contributed by atoms with Crippen LogP contribution in [0.3, 0.4) is 0 Å². The second-order valence-electron chi connectivity index (χ2n) is 3.87. The fourth-order valence-corrected chi connectivity index (χ4v) is 1.30. The van der Waals surface area contributed by atoms with Crippen LogP contribution in [0.25, 0.3) is 0 Å². The van der Waals surface area contributed by atoms with Gasteiger partial charge in [0.1, 0.15) is 5.82 Å². The van der Waals surface area contributed by atoms with Gasteiger partial charge in [-0.25, -0.2) is 4.39 Å². The molecule has 0 aliphatic heterocycles. The predicted octanol–water partition coefficient (Wildman–Crippen LogP) is 2.16. The van der Waals surface area contributed by atoms with E-state index in [4.69, 9.17) is 10.5 Å². The summed E-state index contributed by atoms with van der Waals surface area (Å²) in [4.78, 5) is 11.5. The normalized spacial score (nSPS) is 12.2. The van der Waals surface area contributed by atoms with E-state index in [1.807, 2.05) is 6.92 Å². The van der Waals surface area contributed by atoms with Gasteiger partial charge in [-0.15, -0.1) is 0 Å². The van der Waals surface area contributed by atoms with E-state index in [-0.39, 0.29) is 24.1 Å². The summed E-state index contributed by atoms with van der Waals surface area (Å²) < 4.78 is 18.3. The molecular formula is C12H17FN2O2. The van der Waals surface area contributed by atoms with Crippen molar-refractivity contribution in [3.05, 3.63) is 24.0 Å². The minimum Gasteiger partial charge on any atom is -0.399 e. The molecule has 4 nitrogen and oxygen atoms in total. The molecule has 17 heavy (non-hydrogen) atoms. The van der Waals surface area contributed by atoms with Crippen LogP contribution in [-0.4, -0.2) is 19.1 Å². The first-order valence-electron chi connectivity index (χ1n) is 5.40. The van der Waals surface area contributed by atoms with Crippen LogP contribution >= 0.6 is 0 Å². The monoisotopic (exact) mass is 240 g/mol. The third-order valence-corrected chi connectivity index (χ3v) is 2.44. The number of benzene rings is 1. The van der Waals surface area contributed by atoms with Crippen LogP contribution in [0, 0.1) is 5.82 Å². The van der Waals surface area contributed by atoms with Gasteiger partial charge in [-0.3, -0.25) is 4.79 Å². The molecule has 0 aliphatic carbocycles. The quantitative estimate of drug-likeness (QED) is 0.775. The highest BCUT2D eigenvalue weighted by molar-refractivity contribution is 5.91. The van der Waals surface area contributed by atoms with Gasteiger partial charge >= 0.3 is 0 Å². The summed E-state index contributed by atoms with van der Waals surface area (Å²) in [7, 11) is 1.58. The summed E-state index contributed by atoms with van der Waals surface area (Å²) in [6.07, 6.45) is 0.877. The minimum absolute atomic E-state index is 0.00596. The number of anilines is 2. The maximum Gasteiger partial charge on any atom is 0.224 e. The highest BCUT2D eigenvalue weighted by atomic mass is 19.1. The van der Waals surface area contributed by atoms with Crippen molar-refractivity contribution in [1.29, 1.82) is 0 Å². The van der Waals surface area contributed by atoms with Crippen LogP contribution in [0.1, 0.15) is 19.8 Å². The van der Waals surface area contributed by atoms with E-state index in [1.165, 1.54) is 18.2 Å². The van der Waals surface area contributed by atoms with Gasteiger partial charge in [0, 0.05) is 19.2 Å². The van der Waals surface area contributed by atoms with Gasteiger partial charge in [0.15, 0.2) is 0 Å². The van der Waals surface area contributed by atoms with Gasteiger partial charge in [0.2, 0.25) is 5.91 Å². The number of carbonyl (C=O) groups is 1. The zero-order chi connectivity index (χ0) is 12.8. The molecule has 94 valence electrons. The lowest BCUT2D eigenvalue weighted by atomic mass is 10.2. The van der Waals surface area contributed by atoms with Gasteiger partial charge in [-0.05, 0) is 31.5 Å². The molecule has 0 spiro atoms. The summed E-state index contributed by atoms with van der Waals surface area (Å²) in [6, 6.07) is 4.06. The molecule has 0 fully saturated rings. The van der Waals surface area contributed by atoms with Crippen LogP contribution < -0.4 is 11.1 Å². The maximum absolute atomic E-state index is 13.3. The average molecular weight is 240 g/mol. The Bertz CT molecular complexity index is 396. The second kappa shape index (κ2) is 6.20. The number of carbonyl (C=O) groups excluding carboxylic acids is 1. The zero-order valence-electron chi connectivity index (χ0n) is 10.00. The third kappa shape index (κ3) is 4.40. The van der Waals surface area contributed by atoms with E-state index < -0.39 is 5.82 Å². The van der Waals surface area contributed by atoms with Crippen LogP contribution in [0.2, 0.25) is 0 Å². The standard InChI is InChI=1S/C12H17FN2O2/c1-8(17-2)3-6-12(16)15-11-7-9(14)4-5-10(11)13/h4-5,7-8H,3,6,14H2,1-2H3,(H,15,16). The number of hydrogen-bond donors (Lipinski definition) is 2. The average Bonchev–Trinajstić information content (AvgIpc) is 2.30. The van der Waals surface area contributed by atoms with Gasteiger partial charge in [0.25, 0.3) is 0 Å². The van der Waals surface area contributed by atoms with E-state index in [0.29, 0.717) is 12.1 Å². The lowest BCUT2D eigenvalue weighted by Crippen LogP contribution is -2.16. The van der Waals surface area contributed by atoms with E-state index in [1.54, 1.807) is 7.11 Å². The Labute approximate surface area is 100.0 Å². The van der Waals surface area contributed by atoms with Crippen molar-refractivity contribution in [2.24, 2.45) is 0 Å². The van der Waals surface area contributed by atoms with Crippen molar-refractivity contribution in [2.75, 3.05) is 18.2 Å². The molecular weight excluding hydrogens is 223 g/mol. The number of nitrogens with one attached hydrogen (secondary N) is 1. The van der Waals surface area contributed by atoms with Gasteiger partial charge < -0.3 is 15.8 Å². The topological polar surface area (TPSA) is 64.3 Å². The largest absolute Gasteiger partial charge is 0.399 e. The molecule has 1 rings (SSSR count). The zero-order valence-corrected chi connectivity index (χ0v) is 10.00. The number of nitrogen functional groups attached to an aromatic ring is 1. The maximum atomic E-state index is 13.3. The van der Waals surface area contributed by atoms with Crippen LogP contribution in [0.15, 0.2) is 18.2 Å². The lowest BCUT2D eigenvalue weighted by molar-refractivity contribution is -0.116. The Morgan fingerprint density at radius 2 is 2.29 bits per heavy atom. The molecule has 0 aromatic heterocycles. The van der Waals surface area contributed by atoms with Gasteiger partial charge in [0.05, 0.1) is 11.8 Å². The highest BCUT2D eigenvalue weighted by Gasteiger charge is 2.09. The fraction of sp³-hybridized carbons (Fsp3) is 0.417. The summed E-state index contributed by atoms with van der Waals surface area (Å²) in [5.74, 6) is -0.745. The third-order valence-electron chi connectivity index (χ3n) is 2.44. The Morgan fingerprint density at radius 3 is 2.94 bits per heavy atom. The van der Waals surface area contributed by atoms with Crippen molar-refractivity contribution in [3.63, 3.8) is 0 Å². The van der Waals surface area contributed by atoms with Gasteiger partial charge in [-0.1, -0.05) is 0 Å².